The molecule has 6 nitrogen and oxygen atoms in total. The summed E-state index contributed by atoms with van der Waals surface area (Å²) in [4.78, 5) is 21.0. The van der Waals surface area contributed by atoms with Crippen LogP contribution in [-0.2, 0) is 4.79 Å². The number of carbonyl (C=O) groups excluding carboxylic acids is 1. The van der Waals surface area contributed by atoms with E-state index in [0.29, 0.717) is 5.82 Å². The molecule has 4 N–H and O–H groups in total. The molecule has 0 aliphatic heterocycles. The average molecular weight is 237 g/mol. The summed E-state index contributed by atoms with van der Waals surface area (Å²) >= 11 is 0. The van der Waals surface area contributed by atoms with Gasteiger partial charge < -0.3 is 16.4 Å². The molecule has 0 unspecified atom stereocenters. The number of anilines is 2. The van der Waals surface area contributed by atoms with Crippen LogP contribution in [0.5, 0.6) is 0 Å². The number of carbonyl (C=O) groups is 1. The van der Waals surface area contributed by atoms with Gasteiger partial charge in [-0.15, -0.1) is 0 Å². The molecule has 0 bridgehead atoms. The molecular formula is C11H19N5O. The van der Waals surface area contributed by atoms with Gasteiger partial charge >= 0.3 is 0 Å². The quantitative estimate of drug-likeness (QED) is 0.749. The standard InChI is InChI=1S/C11H19N5O/c1-3-4-5-16(7-9(12)17)10-6-8(2)14-11(13)15-10/h6H,3-5,7H2,1-2H3,(H2,12,17)(H2,13,14,15). The number of hydrogen-bond acceptors (Lipinski definition) is 5. The van der Waals surface area contributed by atoms with Gasteiger partial charge in [0.05, 0.1) is 6.54 Å². The van der Waals surface area contributed by atoms with E-state index >= 15 is 0 Å². The summed E-state index contributed by atoms with van der Waals surface area (Å²) in [5.74, 6) is 0.490. The average Bonchev–Trinajstić information content (AvgIpc) is 2.22. The highest BCUT2D eigenvalue weighted by Gasteiger charge is 2.11. The zero-order chi connectivity index (χ0) is 12.8. The van der Waals surface area contributed by atoms with Crippen molar-refractivity contribution in [3.8, 4) is 0 Å². The van der Waals surface area contributed by atoms with E-state index < -0.39 is 0 Å². The molecule has 0 saturated heterocycles. The molecule has 1 aromatic rings. The van der Waals surface area contributed by atoms with Crippen molar-refractivity contribution in [3.63, 3.8) is 0 Å². The molecule has 0 atom stereocenters. The maximum atomic E-state index is 11.0. The lowest BCUT2D eigenvalue weighted by atomic mass is 10.3. The Bertz CT molecular complexity index is 373. The molecule has 1 amide bonds. The first-order chi connectivity index (χ1) is 8.02. The van der Waals surface area contributed by atoms with Gasteiger partial charge in [-0.3, -0.25) is 4.79 Å². The van der Waals surface area contributed by atoms with Gasteiger partial charge in [0.15, 0.2) is 0 Å². The number of nitrogen functional groups attached to an aromatic ring is 1. The topological polar surface area (TPSA) is 98.1 Å². The van der Waals surface area contributed by atoms with Crippen molar-refractivity contribution < 1.29 is 4.79 Å². The van der Waals surface area contributed by atoms with Crippen LogP contribution in [0, 0.1) is 6.92 Å². The Morgan fingerprint density at radius 3 is 2.71 bits per heavy atom. The van der Waals surface area contributed by atoms with Crippen LogP contribution in [0.15, 0.2) is 6.07 Å². The van der Waals surface area contributed by atoms with Crippen LogP contribution in [-0.4, -0.2) is 29.0 Å². The Balaban J connectivity index is 2.90. The summed E-state index contributed by atoms with van der Waals surface area (Å²) in [6, 6.07) is 1.80. The van der Waals surface area contributed by atoms with E-state index in [1.165, 1.54) is 0 Å². The van der Waals surface area contributed by atoms with Crippen LogP contribution in [0.4, 0.5) is 11.8 Å². The summed E-state index contributed by atoms with van der Waals surface area (Å²) in [5, 5.41) is 0. The van der Waals surface area contributed by atoms with Crippen molar-refractivity contribution in [2.75, 3.05) is 23.7 Å². The van der Waals surface area contributed by atoms with Gasteiger partial charge in [-0.25, -0.2) is 4.98 Å². The lowest BCUT2D eigenvalue weighted by Gasteiger charge is -2.22. The van der Waals surface area contributed by atoms with Gasteiger partial charge in [0.2, 0.25) is 11.9 Å². The number of nitrogens with zero attached hydrogens (tertiary/aromatic N) is 3. The maximum Gasteiger partial charge on any atom is 0.236 e. The Kier molecular flexibility index (Phi) is 4.68. The number of primary amides is 1. The molecule has 0 aliphatic carbocycles. The molecule has 0 radical (unpaired) electrons. The summed E-state index contributed by atoms with van der Waals surface area (Å²) in [5.41, 5.74) is 11.6. The molecule has 94 valence electrons. The molecule has 0 fully saturated rings. The van der Waals surface area contributed by atoms with Gasteiger partial charge in [-0.1, -0.05) is 13.3 Å². The number of aromatic nitrogens is 2. The minimum atomic E-state index is -0.379. The third-order valence-electron chi connectivity index (χ3n) is 2.31. The highest BCUT2D eigenvalue weighted by molar-refractivity contribution is 5.79. The first-order valence-electron chi connectivity index (χ1n) is 5.67. The van der Waals surface area contributed by atoms with Gasteiger partial charge in [0.25, 0.3) is 0 Å². The van der Waals surface area contributed by atoms with E-state index in [1.54, 1.807) is 6.07 Å². The minimum Gasteiger partial charge on any atom is -0.368 e. The second kappa shape index (κ2) is 6.03. The Labute approximate surface area is 101 Å². The lowest BCUT2D eigenvalue weighted by Crippen LogP contribution is -2.35. The lowest BCUT2D eigenvalue weighted by molar-refractivity contribution is -0.116. The molecule has 0 saturated carbocycles. The van der Waals surface area contributed by atoms with Crippen molar-refractivity contribution in [1.82, 2.24) is 9.97 Å². The molecule has 1 rings (SSSR count). The number of amides is 1. The fourth-order valence-corrected chi connectivity index (χ4v) is 1.55. The number of hydrogen-bond donors (Lipinski definition) is 2. The number of nitrogens with two attached hydrogens (primary N) is 2. The second-order valence-electron chi connectivity index (χ2n) is 3.97. The highest BCUT2D eigenvalue weighted by Crippen LogP contribution is 2.13. The fourth-order valence-electron chi connectivity index (χ4n) is 1.55. The Hall–Kier alpha value is -1.85. The third kappa shape index (κ3) is 4.26. The summed E-state index contributed by atoms with van der Waals surface area (Å²) in [7, 11) is 0. The molecule has 1 heterocycles. The predicted molar refractivity (Wildman–Crippen MR) is 67.5 cm³/mol. The van der Waals surface area contributed by atoms with Crippen molar-refractivity contribution >= 4 is 17.7 Å². The van der Waals surface area contributed by atoms with Gasteiger partial charge in [0, 0.05) is 18.3 Å². The molecule has 0 aromatic carbocycles. The van der Waals surface area contributed by atoms with Crippen molar-refractivity contribution in [3.05, 3.63) is 11.8 Å². The zero-order valence-electron chi connectivity index (χ0n) is 10.3. The zero-order valence-corrected chi connectivity index (χ0v) is 10.3. The predicted octanol–water partition coefficient (Wildman–Crippen LogP) is 0.459. The number of unbranched alkanes of at least 4 members (excludes halogenated alkanes) is 1. The molecule has 6 heteroatoms. The molecule has 17 heavy (non-hydrogen) atoms. The highest BCUT2D eigenvalue weighted by atomic mass is 16.1. The Morgan fingerprint density at radius 2 is 2.18 bits per heavy atom. The molecular weight excluding hydrogens is 218 g/mol. The van der Waals surface area contributed by atoms with E-state index in [1.807, 2.05) is 11.8 Å². The van der Waals surface area contributed by atoms with Crippen LogP contribution < -0.4 is 16.4 Å². The SMILES string of the molecule is CCCCN(CC(N)=O)c1cc(C)nc(N)n1. The van der Waals surface area contributed by atoms with E-state index in [0.717, 1.165) is 25.1 Å². The first-order valence-corrected chi connectivity index (χ1v) is 5.67. The maximum absolute atomic E-state index is 11.0. The van der Waals surface area contributed by atoms with E-state index in [4.69, 9.17) is 11.5 Å². The van der Waals surface area contributed by atoms with Crippen LogP contribution in [0.3, 0.4) is 0 Å². The summed E-state index contributed by atoms with van der Waals surface area (Å²) in [6.45, 7) is 4.80. The van der Waals surface area contributed by atoms with Crippen molar-refractivity contribution in [2.24, 2.45) is 5.73 Å². The van der Waals surface area contributed by atoms with E-state index in [-0.39, 0.29) is 18.4 Å². The van der Waals surface area contributed by atoms with Crippen LogP contribution in [0.1, 0.15) is 25.5 Å². The Morgan fingerprint density at radius 1 is 1.47 bits per heavy atom. The number of aryl methyl sites for hydroxylation is 1. The summed E-state index contributed by atoms with van der Waals surface area (Å²) in [6.07, 6.45) is 2.01. The third-order valence-corrected chi connectivity index (χ3v) is 2.31. The largest absolute Gasteiger partial charge is 0.368 e. The van der Waals surface area contributed by atoms with Crippen LogP contribution in [0.25, 0.3) is 0 Å². The monoisotopic (exact) mass is 237 g/mol. The normalized spacial score (nSPS) is 10.2. The second-order valence-corrected chi connectivity index (χ2v) is 3.97. The number of rotatable bonds is 6. The smallest absolute Gasteiger partial charge is 0.236 e. The first kappa shape index (κ1) is 13.2. The summed E-state index contributed by atoms with van der Waals surface area (Å²) < 4.78 is 0. The molecule has 0 spiro atoms. The fraction of sp³-hybridized carbons (Fsp3) is 0.545. The van der Waals surface area contributed by atoms with Crippen LogP contribution in [0.2, 0.25) is 0 Å². The van der Waals surface area contributed by atoms with Crippen molar-refractivity contribution in [1.29, 1.82) is 0 Å². The van der Waals surface area contributed by atoms with Gasteiger partial charge in [-0.2, -0.15) is 4.98 Å². The molecule has 0 aliphatic rings. The van der Waals surface area contributed by atoms with Crippen LogP contribution >= 0.6 is 0 Å². The van der Waals surface area contributed by atoms with E-state index in [9.17, 15) is 4.79 Å². The molecule has 1 aromatic heterocycles. The van der Waals surface area contributed by atoms with E-state index in [2.05, 4.69) is 16.9 Å². The van der Waals surface area contributed by atoms with Gasteiger partial charge in [0.1, 0.15) is 5.82 Å². The van der Waals surface area contributed by atoms with Crippen molar-refractivity contribution in [2.45, 2.75) is 26.7 Å². The minimum absolute atomic E-state index is 0.149. The van der Waals surface area contributed by atoms with Gasteiger partial charge in [-0.05, 0) is 13.3 Å².